The third kappa shape index (κ3) is 4.64. The number of carbonyl (C=O) groups is 3. The highest BCUT2D eigenvalue weighted by Crippen LogP contribution is 2.32. The van der Waals surface area contributed by atoms with E-state index in [1.165, 1.54) is 22.7 Å². The Labute approximate surface area is 189 Å². The highest BCUT2D eigenvalue weighted by molar-refractivity contribution is 7.13. The minimum atomic E-state index is -0.346. The van der Waals surface area contributed by atoms with Crippen molar-refractivity contribution in [3.8, 4) is 0 Å². The number of piperidine rings is 2. The molecule has 2 aromatic rings. The van der Waals surface area contributed by atoms with Gasteiger partial charge in [-0.25, -0.2) is 9.97 Å². The van der Waals surface area contributed by atoms with E-state index in [2.05, 4.69) is 9.97 Å². The lowest BCUT2D eigenvalue weighted by atomic mass is 9.97. The smallest absolute Gasteiger partial charge is 0.273 e. The van der Waals surface area contributed by atoms with Crippen LogP contribution in [0.4, 0.5) is 0 Å². The average molecular weight is 462 g/mol. The van der Waals surface area contributed by atoms with Crippen molar-refractivity contribution in [3.05, 3.63) is 31.7 Å². The Bertz CT molecular complexity index is 993. The predicted octanol–water partition coefficient (Wildman–Crippen LogP) is 2.57. The molecule has 0 spiro atoms. The number of primary amides is 1. The molecule has 2 saturated heterocycles. The molecule has 2 aliphatic heterocycles. The number of nitrogens with two attached hydrogens (primary N) is 1. The number of carbonyl (C=O) groups excluding carboxylic acids is 3. The van der Waals surface area contributed by atoms with Gasteiger partial charge >= 0.3 is 0 Å². The van der Waals surface area contributed by atoms with Crippen LogP contribution in [0.2, 0.25) is 0 Å². The minimum Gasteiger partial charge on any atom is -0.369 e. The molecule has 0 aromatic carbocycles. The van der Waals surface area contributed by atoms with E-state index in [9.17, 15) is 14.4 Å². The minimum absolute atomic E-state index is 0.0608. The summed E-state index contributed by atoms with van der Waals surface area (Å²) in [6, 6.07) is 0. The average Bonchev–Trinajstić information content (AvgIpc) is 3.39. The number of rotatable bonds is 4. The first-order chi connectivity index (χ1) is 14.8. The second-order valence-corrected chi connectivity index (χ2v) is 10.4. The Hall–Kier alpha value is -2.33. The molecule has 31 heavy (non-hydrogen) atoms. The van der Waals surface area contributed by atoms with Crippen LogP contribution >= 0.6 is 22.7 Å². The van der Waals surface area contributed by atoms with Crippen LogP contribution in [0.15, 0.2) is 5.38 Å². The maximum absolute atomic E-state index is 12.9. The summed E-state index contributed by atoms with van der Waals surface area (Å²) in [7, 11) is 0. The van der Waals surface area contributed by atoms with E-state index in [0.717, 1.165) is 46.3 Å². The van der Waals surface area contributed by atoms with E-state index >= 15 is 0 Å². The van der Waals surface area contributed by atoms with E-state index in [4.69, 9.17) is 5.73 Å². The molecule has 4 rings (SSSR count). The molecule has 10 heteroatoms. The number of nitrogens with zero attached hydrogens (tertiary/aromatic N) is 4. The van der Waals surface area contributed by atoms with Gasteiger partial charge in [0.25, 0.3) is 11.8 Å². The summed E-state index contributed by atoms with van der Waals surface area (Å²) in [5.41, 5.74) is 6.67. The van der Waals surface area contributed by atoms with Crippen molar-refractivity contribution in [1.82, 2.24) is 19.8 Å². The standard InChI is InChI=1S/C21H27N5O3S2/c1-12-17(31-13(2)23-12)21(29)25-8-5-14(6-9-25)19-24-16(11-30-19)20(28)26-7-3-4-15(10-26)18(22)27/h11,14-15H,3-10H2,1-2H3,(H2,22,27). The van der Waals surface area contributed by atoms with Crippen LogP contribution in [0.1, 0.15) is 67.5 Å². The van der Waals surface area contributed by atoms with Gasteiger partial charge in [-0.05, 0) is 39.5 Å². The molecule has 3 amide bonds. The number of aryl methyl sites for hydroxylation is 2. The monoisotopic (exact) mass is 461 g/mol. The molecule has 0 bridgehead atoms. The summed E-state index contributed by atoms with van der Waals surface area (Å²) in [5, 5.41) is 3.67. The van der Waals surface area contributed by atoms with Crippen molar-refractivity contribution in [1.29, 1.82) is 0 Å². The Balaban J connectivity index is 1.36. The molecule has 8 nitrogen and oxygen atoms in total. The third-order valence-electron chi connectivity index (χ3n) is 6.08. The van der Waals surface area contributed by atoms with E-state index in [1.807, 2.05) is 24.1 Å². The van der Waals surface area contributed by atoms with Gasteiger partial charge in [0.05, 0.1) is 21.6 Å². The van der Waals surface area contributed by atoms with Gasteiger partial charge in [-0.1, -0.05) is 0 Å². The van der Waals surface area contributed by atoms with E-state index in [-0.39, 0.29) is 29.6 Å². The molecule has 0 saturated carbocycles. The van der Waals surface area contributed by atoms with Gasteiger partial charge in [-0.3, -0.25) is 14.4 Å². The van der Waals surface area contributed by atoms with Gasteiger partial charge in [0.15, 0.2) is 0 Å². The summed E-state index contributed by atoms with van der Waals surface area (Å²) in [6.07, 6.45) is 3.18. The summed E-state index contributed by atoms with van der Waals surface area (Å²) < 4.78 is 0. The van der Waals surface area contributed by atoms with Crippen molar-refractivity contribution in [2.24, 2.45) is 11.7 Å². The fourth-order valence-corrected chi connectivity index (χ4v) is 6.18. The largest absolute Gasteiger partial charge is 0.369 e. The summed E-state index contributed by atoms with van der Waals surface area (Å²) >= 11 is 2.96. The molecule has 2 fully saturated rings. The molecule has 1 unspecified atom stereocenters. The maximum atomic E-state index is 12.9. The first kappa shape index (κ1) is 21.9. The lowest BCUT2D eigenvalue weighted by Gasteiger charge is -2.31. The third-order valence-corrected chi connectivity index (χ3v) is 8.15. The van der Waals surface area contributed by atoms with Crippen molar-refractivity contribution in [3.63, 3.8) is 0 Å². The number of aromatic nitrogens is 2. The number of amides is 3. The summed E-state index contributed by atoms with van der Waals surface area (Å²) in [5.74, 6) is -0.438. The van der Waals surface area contributed by atoms with E-state index in [1.54, 1.807) is 4.90 Å². The van der Waals surface area contributed by atoms with E-state index < -0.39 is 0 Å². The number of likely N-dealkylation sites (tertiary alicyclic amines) is 2. The molecule has 4 heterocycles. The second kappa shape index (κ2) is 9.04. The van der Waals surface area contributed by atoms with Crippen molar-refractivity contribution >= 4 is 40.4 Å². The summed E-state index contributed by atoms with van der Waals surface area (Å²) in [4.78, 5) is 50.5. The zero-order valence-electron chi connectivity index (χ0n) is 17.8. The lowest BCUT2D eigenvalue weighted by Crippen LogP contribution is -2.44. The molecule has 0 aliphatic carbocycles. The Morgan fingerprint density at radius 3 is 2.42 bits per heavy atom. The Morgan fingerprint density at radius 1 is 1.03 bits per heavy atom. The molecular weight excluding hydrogens is 434 g/mol. The first-order valence-corrected chi connectivity index (χ1v) is 12.3. The number of thiazole rings is 2. The Kier molecular flexibility index (Phi) is 6.38. The van der Waals surface area contributed by atoms with Gasteiger partial charge in [0.2, 0.25) is 5.91 Å². The molecule has 166 valence electrons. The van der Waals surface area contributed by atoms with Gasteiger partial charge in [0.1, 0.15) is 10.6 Å². The number of hydrogen-bond acceptors (Lipinski definition) is 7. The molecular formula is C21H27N5O3S2. The molecule has 1 atom stereocenters. The number of hydrogen-bond donors (Lipinski definition) is 1. The van der Waals surface area contributed by atoms with Gasteiger partial charge in [-0.15, -0.1) is 22.7 Å². The fourth-order valence-electron chi connectivity index (χ4n) is 4.33. The maximum Gasteiger partial charge on any atom is 0.273 e. The van der Waals surface area contributed by atoms with Gasteiger partial charge in [-0.2, -0.15) is 0 Å². The second-order valence-electron chi connectivity index (χ2n) is 8.28. The molecule has 2 N–H and O–H groups in total. The van der Waals surface area contributed by atoms with Crippen LogP contribution in [-0.4, -0.2) is 63.7 Å². The van der Waals surface area contributed by atoms with Crippen LogP contribution < -0.4 is 5.73 Å². The zero-order valence-corrected chi connectivity index (χ0v) is 19.4. The zero-order chi connectivity index (χ0) is 22.1. The van der Waals surface area contributed by atoms with Crippen LogP contribution in [-0.2, 0) is 4.79 Å². The molecule has 2 aliphatic rings. The normalized spacial score (nSPS) is 20.1. The van der Waals surface area contributed by atoms with E-state index in [0.29, 0.717) is 31.9 Å². The van der Waals surface area contributed by atoms with Crippen molar-refractivity contribution in [2.75, 3.05) is 26.2 Å². The van der Waals surface area contributed by atoms with Crippen LogP contribution in [0.3, 0.4) is 0 Å². The molecule has 0 radical (unpaired) electrons. The lowest BCUT2D eigenvalue weighted by molar-refractivity contribution is -0.123. The predicted molar refractivity (Wildman–Crippen MR) is 119 cm³/mol. The SMILES string of the molecule is Cc1nc(C)c(C(=O)N2CCC(c3nc(C(=O)N4CCCC(C(N)=O)C4)cs3)CC2)s1. The quantitative estimate of drug-likeness (QED) is 0.753. The topological polar surface area (TPSA) is 109 Å². The van der Waals surface area contributed by atoms with Gasteiger partial charge in [0, 0.05) is 37.5 Å². The van der Waals surface area contributed by atoms with Crippen molar-refractivity contribution < 1.29 is 14.4 Å². The Morgan fingerprint density at radius 2 is 1.77 bits per heavy atom. The van der Waals surface area contributed by atoms with Crippen LogP contribution in [0.5, 0.6) is 0 Å². The molecule has 2 aromatic heterocycles. The summed E-state index contributed by atoms with van der Waals surface area (Å²) in [6.45, 7) is 6.15. The van der Waals surface area contributed by atoms with Gasteiger partial charge < -0.3 is 15.5 Å². The first-order valence-electron chi connectivity index (χ1n) is 10.6. The highest BCUT2D eigenvalue weighted by Gasteiger charge is 2.31. The fraction of sp³-hybridized carbons (Fsp3) is 0.571. The highest BCUT2D eigenvalue weighted by atomic mass is 32.1. The van der Waals surface area contributed by atoms with Crippen LogP contribution in [0.25, 0.3) is 0 Å². The van der Waals surface area contributed by atoms with Crippen LogP contribution in [0, 0.1) is 19.8 Å². The van der Waals surface area contributed by atoms with Crippen molar-refractivity contribution in [2.45, 2.75) is 45.4 Å².